The fraction of sp³-hybridized carbons (Fsp3) is 1.00. The van der Waals surface area contributed by atoms with E-state index in [1.165, 1.54) is 38.9 Å². The minimum atomic E-state index is 0.794. The van der Waals surface area contributed by atoms with Crippen molar-refractivity contribution < 1.29 is 0 Å². The van der Waals surface area contributed by atoms with Crippen molar-refractivity contribution in [3.05, 3.63) is 0 Å². The Morgan fingerprint density at radius 3 is 3.10 bits per heavy atom. The van der Waals surface area contributed by atoms with Gasteiger partial charge in [0.25, 0.3) is 0 Å². The standard InChI is InChI=1S/C8H16N2/c1-2-4-10-8-6-9-5-7(8)3-1/h7-10H,1-6H2/t7-,8-/m1/s1. The van der Waals surface area contributed by atoms with Gasteiger partial charge in [-0.2, -0.15) is 0 Å². The maximum atomic E-state index is 3.58. The van der Waals surface area contributed by atoms with Crippen LogP contribution in [0.25, 0.3) is 0 Å². The van der Waals surface area contributed by atoms with Gasteiger partial charge in [-0.15, -0.1) is 0 Å². The largest absolute Gasteiger partial charge is 0.315 e. The van der Waals surface area contributed by atoms with Crippen LogP contribution in [0.1, 0.15) is 19.3 Å². The third kappa shape index (κ3) is 1.18. The first-order chi connectivity index (χ1) is 4.97. The Morgan fingerprint density at radius 1 is 1.10 bits per heavy atom. The van der Waals surface area contributed by atoms with Crippen LogP contribution in [0.3, 0.4) is 0 Å². The fourth-order valence-corrected chi connectivity index (χ4v) is 2.09. The van der Waals surface area contributed by atoms with E-state index in [4.69, 9.17) is 0 Å². The Kier molecular flexibility index (Phi) is 1.91. The molecule has 58 valence electrons. The monoisotopic (exact) mass is 140 g/mol. The molecule has 0 aromatic carbocycles. The zero-order chi connectivity index (χ0) is 6.81. The molecule has 0 aromatic heterocycles. The van der Waals surface area contributed by atoms with Crippen molar-refractivity contribution in [2.24, 2.45) is 5.92 Å². The third-order valence-corrected chi connectivity index (χ3v) is 2.75. The van der Waals surface area contributed by atoms with E-state index in [2.05, 4.69) is 10.6 Å². The first kappa shape index (κ1) is 6.62. The van der Waals surface area contributed by atoms with Crippen molar-refractivity contribution in [1.29, 1.82) is 0 Å². The van der Waals surface area contributed by atoms with Gasteiger partial charge in [-0.05, 0) is 31.8 Å². The molecule has 0 amide bonds. The van der Waals surface area contributed by atoms with E-state index in [0.29, 0.717) is 0 Å². The van der Waals surface area contributed by atoms with Crippen LogP contribution in [-0.2, 0) is 0 Å². The summed E-state index contributed by atoms with van der Waals surface area (Å²) < 4.78 is 0. The Bertz CT molecular complexity index is 102. The molecule has 0 bridgehead atoms. The molecule has 2 rings (SSSR count). The van der Waals surface area contributed by atoms with Gasteiger partial charge in [0, 0.05) is 12.6 Å². The molecule has 0 spiro atoms. The summed E-state index contributed by atoms with van der Waals surface area (Å²) in [5.41, 5.74) is 0. The number of nitrogens with one attached hydrogen (secondary N) is 2. The lowest BCUT2D eigenvalue weighted by Crippen LogP contribution is -2.34. The second kappa shape index (κ2) is 2.89. The van der Waals surface area contributed by atoms with Crippen LogP contribution in [0.5, 0.6) is 0 Å². The van der Waals surface area contributed by atoms with Gasteiger partial charge in [0.2, 0.25) is 0 Å². The van der Waals surface area contributed by atoms with Gasteiger partial charge < -0.3 is 10.6 Å². The molecular formula is C8H16N2. The van der Waals surface area contributed by atoms with Gasteiger partial charge >= 0.3 is 0 Å². The van der Waals surface area contributed by atoms with Gasteiger partial charge in [0.05, 0.1) is 0 Å². The summed E-state index contributed by atoms with van der Waals surface area (Å²) in [6.45, 7) is 3.69. The van der Waals surface area contributed by atoms with Crippen LogP contribution < -0.4 is 10.6 Å². The van der Waals surface area contributed by atoms with Gasteiger partial charge in [0.15, 0.2) is 0 Å². The molecule has 0 aromatic rings. The van der Waals surface area contributed by atoms with E-state index in [1.807, 2.05) is 0 Å². The van der Waals surface area contributed by atoms with Crippen molar-refractivity contribution in [3.8, 4) is 0 Å². The highest BCUT2D eigenvalue weighted by Gasteiger charge is 2.27. The topological polar surface area (TPSA) is 24.1 Å². The summed E-state index contributed by atoms with van der Waals surface area (Å²) in [5.74, 6) is 0.933. The predicted molar refractivity (Wildman–Crippen MR) is 42.0 cm³/mol. The number of hydrogen-bond acceptors (Lipinski definition) is 2. The van der Waals surface area contributed by atoms with Crippen molar-refractivity contribution in [2.45, 2.75) is 25.3 Å². The molecule has 2 aliphatic rings. The molecule has 2 N–H and O–H groups in total. The Balaban J connectivity index is 1.95. The van der Waals surface area contributed by atoms with E-state index in [0.717, 1.165) is 12.0 Å². The molecule has 10 heavy (non-hydrogen) atoms. The third-order valence-electron chi connectivity index (χ3n) is 2.75. The van der Waals surface area contributed by atoms with E-state index >= 15 is 0 Å². The highest BCUT2D eigenvalue weighted by Crippen LogP contribution is 2.18. The summed E-state index contributed by atoms with van der Waals surface area (Å²) >= 11 is 0. The fourth-order valence-electron chi connectivity index (χ4n) is 2.09. The number of hydrogen-bond donors (Lipinski definition) is 2. The van der Waals surface area contributed by atoms with Gasteiger partial charge in [-0.25, -0.2) is 0 Å². The van der Waals surface area contributed by atoms with Crippen LogP contribution in [-0.4, -0.2) is 25.7 Å². The van der Waals surface area contributed by atoms with Gasteiger partial charge in [-0.1, -0.05) is 6.42 Å². The molecule has 2 heterocycles. The number of fused-ring (bicyclic) bond motifs is 1. The second-order valence-electron chi connectivity index (χ2n) is 3.47. The van der Waals surface area contributed by atoms with Gasteiger partial charge in [0.1, 0.15) is 0 Å². The molecule has 0 unspecified atom stereocenters. The Hall–Kier alpha value is -0.0800. The van der Waals surface area contributed by atoms with Crippen LogP contribution in [0.2, 0.25) is 0 Å². The Morgan fingerprint density at radius 2 is 2.10 bits per heavy atom. The first-order valence-corrected chi connectivity index (χ1v) is 4.41. The summed E-state index contributed by atoms with van der Waals surface area (Å²) in [5, 5.41) is 7.01. The first-order valence-electron chi connectivity index (χ1n) is 4.41. The number of rotatable bonds is 0. The molecular weight excluding hydrogens is 124 g/mol. The summed E-state index contributed by atoms with van der Waals surface area (Å²) in [6, 6.07) is 0.794. The lowest BCUT2D eigenvalue weighted by atomic mass is 9.99. The van der Waals surface area contributed by atoms with Crippen LogP contribution >= 0.6 is 0 Å². The molecule has 2 nitrogen and oxygen atoms in total. The van der Waals surface area contributed by atoms with Crippen LogP contribution in [0.15, 0.2) is 0 Å². The summed E-state index contributed by atoms with van der Waals surface area (Å²) in [7, 11) is 0. The zero-order valence-corrected chi connectivity index (χ0v) is 6.40. The minimum absolute atomic E-state index is 0.794. The van der Waals surface area contributed by atoms with Crippen molar-refractivity contribution >= 4 is 0 Å². The SMILES string of the molecule is C1CC[C@@H]2CNC[C@H]2NC1. The van der Waals surface area contributed by atoms with E-state index in [1.54, 1.807) is 0 Å². The molecule has 0 radical (unpaired) electrons. The van der Waals surface area contributed by atoms with Crippen molar-refractivity contribution in [2.75, 3.05) is 19.6 Å². The van der Waals surface area contributed by atoms with E-state index in [-0.39, 0.29) is 0 Å². The minimum Gasteiger partial charge on any atom is -0.315 e. The van der Waals surface area contributed by atoms with E-state index < -0.39 is 0 Å². The second-order valence-corrected chi connectivity index (χ2v) is 3.47. The average Bonchev–Trinajstić information content (AvgIpc) is 2.28. The van der Waals surface area contributed by atoms with Crippen LogP contribution in [0.4, 0.5) is 0 Å². The molecule has 2 heteroatoms. The van der Waals surface area contributed by atoms with Crippen LogP contribution in [0, 0.1) is 5.92 Å². The van der Waals surface area contributed by atoms with Gasteiger partial charge in [-0.3, -0.25) is 0 Å². The lowest BCUT2D eigenvalue weighted by molar-refractivity contribution is 0.443. The zero-order valence-electron chi connectivity index (χ0n) is 6.40. The summed E-state index contributed by atoms with van der Waals surface area (Å²) in [6.07, 6.45) is 4.24. The molecule has 2 aliphatic heterocycles. The molecule has 2 fully saturated rings. The highest BCUT2D eigenvalue weighted by molar-refractivity contribution is 4.87. The molecule has 0 saturated carbocycles. The quantitative estimate of drug-likeness (QED) is 0.507. The molecule has 2 saturated heterocycles. The smallest absolute Gasteiger partial charge is 0.0232 e. The van der Waals surface area contributed by atoms with Crippen molar-refractivity contribution in [3.63, 3.8) is 0 Å². The summed E-state index contributed by atoms with van der Waals surface area (Å²) in [4.78, 5) is 0. The average molecular weight is 140 g/mol. The van der Waals surface area contributed by atoms with E-state index in [9.17, 15) is 0 Å². The predicted octanol–water partition coefficient (Wildman–Crippen LogP) is 0.348. The molecule has 2 atom stereocenters. The molecule has 0 aliphatic carbocycles. The van der Waals surface area contributed by atoms with Crippen molar-refractivity contribution in [1.82, 2.24) is 10.6 Å². The maximum Gasteiger partial charge on any atom is 0.0232 e. The Labute approximate surface area is 62.4 Å². The highest BCUT2D eigenvalue weighted by atomic mass is 15.0. The normalized spacial score (nSPS) is 40.8. The lowest BCUT2D eigenvalue weighted by Gasteiger charge is -2.14. The maximum absolute atomic E-state index is 3.58.